The van der Waals surface area contributed by atoms with Gasteiger partial charge in [0.05, 0.1) is 6.61 Å². The summed E-state index contributed by atoms with van der Waals surface area (Å²) in [7, 11) is 1.70. The Balaban J connectivity index is 1.36. The lowest BCUT2D eigenvalue weighted by molar-refractivity contribution is 0.0589. The van der Waals surface area contributed by atoms with Crippen molar-refractivity contribution in [3.8, 4) is 16.3 Å². The molecule has 1 fully saturated rings. The third kappa shape index (κ3) is 5.70. The van der Waals surface area contributed by atoms with Gasteiger partial charge in [0.1, 0.15) is 28.9 Å². The number of piperazine rings is 1. The lowest BCUT2D eigenvalue weighted by Crippen LogP contribution is -2.49. The number of hydrogen-bond donors (Lipinski definition) is 0. The normalized spacial score (nSPS) is 14.5. The summed E-state index contributed by atoms with van der Waals surface area (Å²) >= 11 is 1.45. The summed E-state index contributed by atoms with van der Waals surface area (Å²) < 4.78 is 24.0. The van der Waals surface area contributed by atoms with Crippen LogP contribution in [0.3, 0.4) is 0 Å². The van der Waals surface area contributed by atoms with Gasteiger partial charge in [0.15, 0.2) is 0 Å². The highest BCUT2D eigenvalue weighted by atomic mass is 32.1. The second-order valence-electron chi connectivity index (χ2n) is 7.61. The van der Waals surface area contributed by atoms with E-state index in [1.54, 1.807) is 19.2 Å². The van der Waals surface area contributed by atoms with Gasteiger partial charge in [-0.25, -0.2) is 9.37 Å². The second kappa shape index (κ2) is 10.7. The quantitative estimate of drug-likeness (QED) is 0.515. The van der Waals surface area contributed by atoms with E-state index in [0.29, 0.717) is 37.7 Å². The Morgan fingerprint density at radius 1 is 1.12 bits per heavy atom. The first-order valence-electron chi connectivity index (χ1n) is 10.6. The van der Waals surface area contributed by atoms with E-state index in [2.05, 4.69) is 9.88 Å². The van der Waals surface area contributed by atoms with Gasteiger partial charge >= 0.3 is 0 Å². The van der Waals surface area contributed by atoms with E-state index >= 15 is 0 Å². The van der Waals surface area contributed by atoms with Gasteiger partial charge in [0.25, 0.3) is 5.91 Å². The Hall–Kier alpha value is -2.81. The van der Waals surface area contributed by atoms with Gasteiger partial charge in [-0.2, -0.15) is 0 Å². The molecule has 0 spiro atoms. The predicted molar refractivity (Wildman–Crippen MR) is 123 cm³/mol. The highest BCUT2D eigenvalue weighted by Gasteiger charge is 2.23. The number of amides is 1. The summed E-state index contributed by atoms with van der Waals surface area (Å²) in [6.07, 6.45) is 0. The highest BCUT2D eigenvalue weighted by molar-refractivity contribution is 7.13. The van der Waals surface area contributed by atoms with Crippen LogP contribution in [0.4, 0.5) is 4.39 Å². The molecule has 1 aromatic heterocycles. The molecule has 2 aromatic carbocycles. The average Bonchev–Trinajstić information content (AvgIpc) is 3.33. The number of benzene rings is 2. The average molecular weight is 456 g/mol. The number of aromatic nitrogens is 1. The fraction of sp³-hybridized carbons (Fsp3) is 0.333. The van der Waals surface area contributed by atoms with Crippen LogP contribution in [0.1, 0.15) is 16.1 Å². The topological polar surface area (TPSA) is 54.9 Å². The smallest absolute Gasteiger partial charge is 0.273 e. The minimum atomic E-state index is -0.266. The van der Waals surface area contributed by atoms with Gasteiger partial charge in [-0.3, -0.25) is 9.69 Å². The molecular formula is C24H26FN3O3S. The third-order valence-electron chi connectivity index (χ3n) is 5.39. The van der Waals surface area contributed by atoms with Crippen LogP contribution in [0.15, 0.2) is 53.9 Å². The Morgan fingerprint density at radius 2 is 1.91 bits per heavy atom. The van der Waals surface area contributed by atoms with E-state index in [1.807, 2.05) is 34.5 Å². The Labute approximate surface area is 191 Å². The fourth-order valence-electron chi connectivity index (χ4n) is 3.53. The van der Waals surface area contributed by atoms with Crippen molar-refractivity contribution in [2.75, 3.05) is 46.4 Å². The number of thiazole rings is 1. The van der Waals surface area contributed by atoms with Crippen molar-refractivity contribution in [2.45, 2.75) is 6.61 Å². The zero-order chi connectivity index (χ0) is 22.3. The number of nitrogens with zero attached hydrogens (tertiary/aromatic N) is 3. The number of ether oxygens (including phenoxy) is 2. The first-order chi connectivity index (χ1) is 15.6. The first-order valence-corrected chi connectivity index (χ1v) is 11.4. The number of halogens is 1. The van der Waals surface area contributed by atoms with Gasteiger partial charge in [-0.05, 0) is 29.8 Å². The molecule has 32 heavy (non-hydrogen) atoms. The molecule has 0 atom stereocenters. The van der Waals surface area contributed by atoms with E-state index in [1.165, 1.54) is 23.5 Å². The standard InChI is InChI=1S/C24H26FN3O3S/c1-30-14-13-27-9-11-28(12-10-27)24(29)22-17-32-23(26-22)19-3-2-4-21(15-19)31-16-18-5-7-20(25)8-6-18/h2-8,15,17H,9-14,16H2,1H3. The van der Waals surface area contributed by atoms with Crippen LogP contribution < -0.4 is 4.74 Å². The molecule has 168 valence electrons. The molecular weight excluding hydrogens is 429 g/mol. The Morgan fingerprint density at radius 3 is 2.66 bits per heavy atom. The molecule has 4 rings (SSSR count). The largest absolute Gasteiger partial charge is 0.489 e. The minimum Gasteiger partial charge on any atom is -0.489 e. The molecule has 0 unspecified atom stereocenters. The van der Waals surface area contributed by atoms with E-state index in [4.69, 9.17) is 9.47 Å². The maximum absolute atomic E-state index is 13.0. The van der Waals surface area contributed by atoms with Crippen molar-refractivity contribution in [2.24, 2.45) is 0 Å². The number of carbonyl (C=O) groups is 1. The summed E-state index contributed by atoms with van der Waals surface area (Å²) in [5.41, 5.74) is 2.27. The predicted octanol–water partition coefficient (Wildman–Crippen LogP) is 3.93. The maximum atomic E-state index is 13.0. The summed E-state index contributed by atoms with van der Waals surface area (Å²) in [6.45, 7) is 5.03. The molecule has 3 aromatic rings. The molecule has 0 aliphatic carbocycles. The van der Waals surface area contributed by atoms with Gasteiger partial charge < -0.3 is 14.4 Å². The summed E-state index contributed by atoms with van der Waals surface area (Å²) in [6, 6.07) is 13.9. The SMILES string of the molecule is COCCN1CCN(C(=O)c2csc(-c3cccc(OCc4ccc(F)cc4)c3)n2)CC1. The van der Waals surface area contributed by atoms with Gasteiger partial charge in [0.2, 0.25) is 0 Å². The highest BCUT2D eigenvalue weighted by Crippen LogP contribution is 2.28. The van der Waals surface area contributed by atoms with Crippen LogP contribution in [0, 0.1) is 5.82 Å². The van der Waals surface area contributed by atoms with Crippen LogP contribution in [-0.4, -0.2) is 67.1 Å². The number of hydrogen-bond acceptors (Lipinski definition) is 6. The van der Waals surface area contributed by atoms with Crippen molar-refractivity contribution in [3.05, 3.63) is 71.0 Å². The summed E-state index contributed by atoms with van der Waals surface area (Å²) in [5.74, 6) is 0.405. The third-order valence-corrected chi connectivity index (χ3v) is 6.29. The Bertz CT molecular complexity index is 1030. The lowest BCUT2D eigenvalue weighted by Gasteiger charge is -2.34. The zero-order valence-electron chi connectivity index (χ0n) is 18.0. The van der Waals surface area contributed by atoms with E-state index < -0.39 is 0 Å². The van der Waals surface area contributed by atoms with Crippen LogP contribution in [0.5, 0.6) is 5.75 Å². The number of methoxy groups -OCH3 is 1. The Kier molecular flexibility index (Phi) is 7.47. The van der Waals surface area contributed by atoms with Crippen molar-refractivity contribution < 1.29 is 18.7 Å². The second-order valence-corrected chi connectivity index (χ2v) is 8.47. The molecule has 2 heterocycles. The molecule has 6 nitrogen and oxygen atoms in total. The van der Waals surface area contributed by atoms with Crippen LogP contribution >= 0.6 is 11.3 Å². The van der Waals surface area contributed by atoms with E-state index in [0.717, 1.165) is 35.8 Å². The number of rotatable bonds is 8. The van der Waals surface area contributed by atoms with Gasteiger partial charge in [-0.1, -0.05) is 24.3 Å². The van der Waals surface area contributed by atoms with Crippen molar-refractivity contribution in [3.63, 3.8) is 0 Å². The zero-order valence-corrected chi connectivity index (χ0v) is 18.8. The molecule has 1 aliphatic rings. The van der Waals surface area contributed by atoms with Crippen molar-refractivity contribution in [1.82, 2.24) is 14.8 Å². The van der Waals surface area contributed by atoms with Crippen molar-refractivity contribution >= 4 is 17.2 Å². The summed E-state index contributed by atoms with van der Waals surface area (Å²) in [5, 5.41) is 2.60. The minimum absolute atomic E-state index is 0.0254. The molecule has 0 saturated carbocycles. The maximum Gasteiger partial charge on any atom is 0.273 e. The lowest BCUT2D eigenvalue weighted by atomic mass is 10.2. The van der Waals surface area contributed by atoms with E-state index in [-0.39, 0.29) is 11.7 Å². The monoisotopic (exact) mass is 455 g/mol. The molecule has 1 aliphatic heterocycles. The molecule has 0 bridgehead atoms. The summed E-state index contributed by atoms with van der Waals surface area (Å²) in [4.78, 5) is 21.6. The van der Waals surface area contributed by atoms with Crippen LogP contribution in [0.25, 0.3) is 10.6 Å². The van der Waals surface area contributed by atoms with E-state index in [9.17, 15) is 9.18 Å². The molecule has 1 amide bonds. The molecule has 0 N–H and O–H groups in total. The molecule has 1 saturated heterocycles. The fourth-order valence-corrected chi connectivity index (χ4v) is 4.32. The molecule has 0 radical (unpaired) electrons. The van der Waals surface area contributed by atoms with Crippen LogP contribution in [-0.2, 0) is 11.3 Å². The van der Waals surface area contributed by atoms with Crippen LogP contribution in [0.2, 0.25) is 0 Å². The first kappa shape index (κ1) is 22.4. The molecule has 8 heteroatoms. The van der Waals surface area contributed by atoms with Gasteiger partial charge in [0, 0.05) is 50.8 Å². The van der Waals surface area contributed by atoms with Gasteiger partial charge in [-0.15, -0.1) is 11.3 Å². The van der Waals surface area contributed by atoms with Crippen molar-refractivity contribution in [1.29, 1.82) is 0 Å². The number of carbonyl (C=O) groups excluding carboxylic acids is 1.